The van der Waals surface area contributed by atoms with Gasteiger partial charge in [-0.15, -0.1) is 0 Å². The van der Waals surface area contributed by atoms with Crippen molar-refractivity contribution in [2.45, 2.75) is 69.7 Å². The first-order chi connectivity index (χ1) is 12.1. The van der Waals surface area contributed by atoms with Crippen LogP contribution in [0, 0.1) is 29.6 Å². The standard InChI is InChI=1S/C21H32N2O2S/c1-21(2,3)23-26(24,25)18-5-4-15(20(22)12-18)11-19-16-7-13-6-14(9-16)10-17(19)8-13/h4-5,12-14,16-17,19,23H,6-11,22H2,1-3H3. The number of anilines is 1. The van der Waals surface area contributed by atoms with Crippen LogP contribution in [0.15, 0.2) is 23.1 Å². The number of benzene rings is 1. The van der Waals surface area contributed by atoms with Crippen molar-refractivity contribution in [1.29, 1.82) is 0 Å². The third kappa shape index (κ3) is 3.53. The van der Waals surface area contributed by atoms with E-state index in [1.54, 1.807) is 12.1 Å². The zero-order valence-corrected chi connectivity index (χ0v) is 17.0. The normalized spacial score (nSPS) is 33.6. The number of sulfonamides is 1. The van der Waals surface area contributed by atoms with Crippen LogP contribution in [0.4, 0.5) is 5.69 Å². The van der Waals surface area contributed by atoms with E-state index >= 15 is 0 Å². The molecule has 4 bridgehead atoms. The highest BCUT2D eigenvalue weighted by molar-refractivity contribution is 7.89. The summed E-state index contributed by atoms with van der Waals surface area (Å²) in [7, 11) is -3.54. The molecule has 0 atom stereocenters. The summed E-state index contributed by atoms with van der Waals surface area (Å²) >= 11 is 0. The molecule has 0 amide bonds. The summed E-state index contributed by atoms with van der Waals surface area (Å²) in [6.45, 7) is 5.53. The van der Waals surface area contributed by atoms with Crippen LogP contribution in [-0.2, 0) is 16.4 Å². The largest absolute Gasteiger partial charge is 0.398 e. The molecule has 4 saturated carbocycles. The fourth-order valence-corrected chi connectivity index (χ4v) is 7.47. The Bertz CT molecular complexity index is 767. The number of hydrogen-bond donors (Lipinski definition) is 2. The molecular weight excluding hydrogens is 344 g/mol. The van der Waals surface area contributed by atoms with Crippen molar-refractivity contribution >= 4 is 15.7 Å². The van der Waals surface area contributed by atoms with Crippen molar-refractivity contribution < 1.29 is 8.42 Å². The quantitative estimate of drug-likeness (QED) is 0.781. The Morgan fingerprint density at radius 1 is 1.04 bits per heavy atom. The van der Waals surface area contributed by atoms with Gasteiger partial charge in [-0.05, 0) is 107 Å². The van der Waals surface area contributed by atoms with Gasteiger partial charge >= 0.3 is 0 Å². The minimum atomic E-state index is -3.54. The summed E-state index contributed by atoms with van der Waals surface area (Å²) in [5.41, 5.74) is 7.53. The summed E-state index contributed by atoms with van der Waals surface area (Å²) in [4.78, 5) is 0.263. The number of nitrogens with one attached hydrogen (secondary N) is 1. The first-order valence-corrected chi connectivity index (χ1v) is 11.5. The van der Waals surface area contributed by atoms with Crippen LogP contribution in [0.25, 0.3) is 0 Å². The van der Waals surface area contributed by atoms with E-state index < -0.39 is 15.6 Å². The summed E-state index contributed by atoms with van der Waals surface area (Å²) in [6.07, 6.45) is 8.08. The van der Waals surface area contributed by atoms with E-state index in [1.165, 1.54) is 32.1 Å². The Kier molecular flexibility index (Phi) is 4.39. The van der Waals surface area contributed by atoms with Crippen LogP contribution >= 0.6 is 0 Å². The van der Waals surface area contributed by atoms with Crippen molar-refractivity contribution in [1.82, 2.24) is 4.72 Å². The maximum atomic E-state index is 12.5. The van der Waals surface area contributed by atoms with Crippen LogP contribution in [0.5, 0.6) is 0 Å². The van der Waals surface area contributed by atoms with E-state index in [9.17, 15) is 8.42 Å². The van der Waals surface area contributed by atoms with E-state index in [4.69, 9.17) is 5.73 Å². The molecule has 0 radical (unpaired) electrons. The summed E-state index contributed by atoms with van der Waals surface area (Å²) < 4.78 is 27.8. The van der Waals surface area contributed by atoms with Crippen LogP contribution in [0.2, 0.25) is 0 Å². The molecular formula is C21H32N2O2S. The molecule has 0 spiro atoms. The second kappa shape index (κ2) is 6.23. The number of rotatable bonds is 4. The first kappa shape index (κ1) is 18.3. The summed E-state index contributed by atoms with van der Waals surface area (Å²) in [5.74, 6) is 4.40. The predicted octanol–water partition coefficient (Wildman–Crippen LogP) is 3.96. The van der Waals surface area contributed by atoms with Gasteiger partial charge in [-0.2, -0.15) is 0 Å². The topological polar surface area (TPSA) is 72.2 Å². The van der Waals surface area contributed by atoms with Gasteiger partial charge in [0.15, 0.2) is 0 Å². The lowest BCUT2D eigenvalue weighted by molar-refractivity contribution is -0.0359. The third-order valence-electron chi connectivity index (χ3n) is 6.75. The highest BCUT2D eigenvalue weighted by atomic mass is 32.2. The van der Waals surface area contributed by atoms with Crippen molar-refractivity contribution in [3.05, 3.63) is 23.8 Å². The molecule has 0 saturated heterocycles. The van der Waals surface area contributed by atoms with Crippen molar-refractivity contribution in [2.75, 3.05) is 5.73 Å². The second-order valence-electron chi connectivity index (χ2n) is 10.0. The summed E-state index contributed by atoms with van der Waals surface area (Å²) in [5, 5.41) is 0. The fraction of sp³-hybridized carbons (Fsp3) is 0.714. The molecule has 4 aliphatic rings. The lowest BCUT2D eigenvalue weighted by atomic mass is 9.51. The maximum Gasteiger partial charge on any atom is 0.241 e. The minimum absolute atomic E-state index is 0.263. The molecule has 1 aromatic carbocycles. The van der Waals surface area contributed by atoms with Crippen LogP contribution in [-0.4, -0.2) is 14.0 Å². The lowest BCUT2D eigenvalue weighted by Crippen LogP contribution is -2.45. The molecule has 1 aromatic rings. The Hall–Kier alpha value is -1.07. The first-order valence-electron chi connectivity index (χ1n) is 10.0. The Labute approximate surface area is 158 Å². The van der Waals surface area contributed by atoms with E-state index in [-0.39, 0.29) is 4.90 Å². The van der Waals surface area contributed by atoms with Crippen LogP contribution < -0.4 is 10.5 Å². The summed E-state index contributed by atoms with van der Waals surface area (Å²) in [6, 6.07) is 5.30. The van der Waals surface area contributed by atoms with Crippen molar-refractivity contribution in [3.63, 3.8) is 0 Å². The fourth-order valence-electron chi connectivity index (χ4n) is 6.01. The number of hydrogen-bond acceptors (Lipinski definition) is 3. The molecule has 4 fully saturated rings. The highest BCUT2D eigenvalue weighted by Crippen LogP contribution is 2.57. The van der Waals surface area contributed by atoms with Gasteiger partial charge in [-0.1, -0.05) is 6.07 Å². The Balaban J connectivity index is 1.52. The van der Waals surface area contributed by atoms with Gasteiger partial charge in [-0.25, -0.2) is 13.1 Å². The molecule has 5 rings (SSSR count). The van der Waals surface area contributed by atoms with E-state index in [0.29, 0.717) is 5.69 Å². The highest BCUT2D eigenvalue weighted by Gasteiger charge is 2.47. The van der Waals surface area contributed by atoms with Gasteiger partial charge < -0.3 is 5.73 Å². The van der Waals surface area contributed by atoms with Crippen molar-refractivity contribution in [2.24, 2.45) is 29.6 Å². The molecule has 26 heavy (non-hydrogen) atoms. The zero-order chi connectivity index (χ0) is 18.7. The SMILES string of the molecule is CC(C)(C)NS(=O)(=O)c1ccc(CC2C3CC4CC(C3)CC2C4)c(N)c1. The molecule has 0 aromatic heterocycles. The maximum absolute atomic E-state index is 12.5. The second-order valence-corrected chi connectivity index (χ2v) is 11.7. The molecule has 144 valence electrons. The molecule has 0 unspecified atom stereocenters. The average Bonchev–Trinajstić information content (AvgIpc) is 2.49. The van der Waals surface area contributed by atoms with Crippen molar-refractivity contribution in [3.8, 4) is 0 Å². The molecule has 3 N–H and O–H groups in total. The average molecular weight is 377 g/mol. The Morgan fingerprint density at radius 3 is 2.12 bits per heavy atom. The minimum Gasteiger partial charge on any atom is -0.398 e. The molecule has 4 nitrogen and oxygen atoms in total. The number of nitrogens with two attached hydrogens (primary N) is 1. The molecule has 4 aliphatic carbocycles. The van der Waals surface area contributed by atoms with E-state index in [2.05, 4.69) is 4.72 Å². The molecule has 0 heterocycles. The predicted molar refractivity (Wildman–Crippen MR) is 105 cm³/mol. The van der Waals surface area contributed by atoms with Crippen LogP contribution in [0.1, 0.15) is 58.4 Å². The smallest absolute Gasteiger partial charge is 0.241 e. The zero-order valence-electron chi connectivity index (χ0n) is 16.2. The van der Waals surface area contributed by atoms with E-state index in [0.717, 1.165) is 41.6 Å². The van der Waals surface area contributed by atoms with Gasteiger partial charge in [0.05, 0.1) is 4.90 Å². The number of nitrogen functional groups attached to an aromatic ring is 1. The molecule has 0 aliphatic heterocycles. The van der Waals surface area contributed by atoms with Gasteiger partial charge in [0.1, 0.15) is 0 Å². The van der Waals surface area contributed by atoms with E-state index in [1.807, 2.05) is 26.8 Å². The van der Waals surface area contributed by atoms with Crippen LogP contribution in [0.3, 0.4) is 0 Å². The molecule has 5 heteroatoms. The Morgan fingerprint density at radius 2 is 1.62 bits per heavy atom. The van der Waals surface area contributed by atoms with Gasteiger partial charge in [-0.3, -0.25) is 0 Å². The van der Waals surface area contributed by atoms with Gasteiger partial charge in [0.2, 0.25) is 10.0 Å². The monoisotopic (exact) mass is 376 g/mol. The van der Waals surface area contributed by atoms with Gasteiger partial charge in [0, 0.05) is 11.2 Å². The van der Waals surface area contributed by atoms with Gasteiger partial charge in [0.25, 0.3) is 0 Å². The third-order valence-corrected chi connectivity index (χ3v) is 8.50. The lowest BCUT2D eigenvalue weighted by Gasteiger charge is -2.54.